The third-order valence-electron chi connectivity index (χ3n) is 3.93. The first-order valence-corrected chi connectivity index (χ1v) is 10.0. The number of piperazine rings is 1. The van der Waals surface area contributed by atoms with Gasteiger partial charge in [0.2, 0.25) is 0 Å². The second-order valence-corrected chi connectivity index (χ2v) is 7.44. The molecule has 0 atom stereocenters. The fourth-order valence-corrected chi connectivity index (χ4v) is 3.91. The summed E-state index contributed by atoms with van der Waals surface area (Å²) in [6, 6.07) is 3.69. The lowest BCUT2D eigenvalue weighted by Crippen LogP contribution is -2.51. The molecule has 0 bridgehead atoms. The molecule has 2 aromatic rings. The van der Waals surface area contributed by atoms with Crippen LogP contribution in [0.4, 0.5) is 5.13 Å². The quantitative estimate of drug-likeness (QED) is 0.451. The van der Waals surface area contributed by atoms with Gasteiger partial charge in [0.15, 0.2) is 11.1 Å². The van der Waals surface area contributed by atoms with Crippen molar-refractivity contribution < 1.29 is 4.79 Å². The van der Waals surface area contributed by atoms with E-state index in [-0.39, 0.29) is 5.91 Å². The lowest BCUT2D eigenvalue weighted by atomic mass is 10.3. The van der Waals surface area contributed by atoms with Crippen molar-refractivity contribution in [3.63, 3.8) is 0 Å². The van der Waals surface area contributed by atoms with Crippen LogP contribution in [0.2, 0.25) is 0 Å². The molecule has 134 valence electrons. The van der Waals surface area contributed by atoms with Gasteiger partial charge in [-0.15, -0.1) is 22.7 Å². The molecule has 1 amide bonds. The second-order valence-electron chi connectivity index (χ2n) is 5.62. The summed E-state index contributed by atoms with van der Waals surface area (Å²) in [5.74, 6) is 0.564. The van der Waals surface area contributed by atoms with E-state index >= 15 is 0 Å². The van der Waals surface area contributed by atoms with Crippen LogP contribution in [0.15, 0.2) is 34.1 Å². The van der Waals surface area contributed by atoms with E-state index in [0.717, 1.165) is 42.6 Å². The van der Waals surface area contributed by atoms with E-state index in [9.17, 15) is 4.79 Å². The van der Waals surface area contributed by atoms with Crippen LogP contribution in [0.3, 0.4) is 0 Å². The third-order valence-corrected chi connectivity index (χ3v) is 5.63. The summed E-state index contributed by atoms with van der Waals surface area (Å²) < 4.78 is 0. The van der Waals surface area contributed by atoms with Crippen LogP contribution in [-0.4, -0.2) is 61.0 Å². The van der Waals surface area contributed by atoms with E-state index < -0.39 is 0 Å². The molecule has 0 unspecified atom stereocenters. The first kappa shape index (κ1) is 17.7. The number of thiazole rings is 1. The van der Waals surface area contributed by atoms with Gasteiger partial charge in [-0.1, -0.05) is 6.07 Å². The number of nitrogens with one attached hydrogen (secondary N) is 1. The molecular weight excluding hydrogens is 356 g/mol. The molecule has 1 aliphatic heterocycles. The fourth-order valence-electron chi connectivity index (χ4n) is 2.57. The molecule has 0 radical (unpaired) electrons. The average molecular weight is 379 g/mol. The van der Waals surface area contributed by atoms with Gasteiger partial charge in [0, 0.05) is 50.8 Å². The Morgan fingerprint density at radius 3 is 2.80 bits per heavy atom. The Hall–Kier alpha value is -2.13. The Balaban J connectivity index is 1.34. The average Bonchev–Trinajstić information content (AvgIpc) is 3.35. The monoisotopic (exact) mass is 378 g/mol. The summed E-state index contributed by atoms with van der Waals surface area (Å²) in [5.41, 5.74) is 6.09. The van der Waals surface area contributed by atoms with Gasteiger partial charge in [-0.2, -0.15) is 0 Å². The van der Waals surface area contributed by atoms with Gasteiger partial charge in [-0.3, -0.25) is 9.79 Å². The molecule has 3 rings (SSSR count). The Labute approximate surface area is 155 Å². The Kier molecular flexibility index (Phi) is 6.24. The number of nitrogens with zero attached hydrogens (tertiary/aromatic N) is 4. The van der Waals surface area contributed by atoms with Crippen molar-refractivity contribution in [2.24, 2.45) is 10.7 Å². The van der Waals surface area contributed by atoms with E-state index in [0.29, 0.717) is 19.0 Å². The molecular formula is C16H22N6OS2. The zero-order valence-corrected chi connectivity index (χ0v) is 15.6. The standard InChI is InChI=1S/C16H22N6OS2/c17-15(19-5-2-4-18-14(23)13-3-1-11-24-13)21-7-9-22(10-8-21)16-20-6-12-25-16/h1,3,6,11-12H,2,4-5,7-10H2,(H2,17,19)(H,18,23). The normalized spacial score (nSPS) is 15.4. The van der Waals surface area contributed by atoms with E-state index in [1.165, 1.54) is 11.3 Å². The number of thiophene rings is 1. The van der Waals surface area contributed by atoms with Gasteiger partial charge in [-0.05, 0) is 17.9 Å². The van der Waals surface area contributed by atoms with Gasteiger partial charge < -0.3 is 20.9 Å². The maximum absolute atomic E-state index is 11.8. The number of rotatable bonds is 6. The molecule has 1 saturated heterocycles. The highest BCUT2D eigenvalue weighted by Gasteiger charge is 2.19. The van der Waals surface area contributed by atoms with Crippen LogP contribution in [-0.2, 0) is 0 Å². The molecule has 0 aliphatic carbocycles. The van der Waals surface area contributed by atoms with Crippen LogP contribution in [0.5, 0.6) is 0 Å². The number of hydrogen-bond donors (Lipinski definition) is 2. The summed E-state index contributed by atoms with van der Waals surface area (Å²) in [6.45, 7) is 4.73. The van der Waals surface area contributed by atoms with Crippen molar-refractivity contribution in [1.82, 2.24) is 15.2 Å². The summed E-state index contributed by atoms with van der Waals surface area (Å²) in [5, 5.41) is 7.85. The maximum Gasteiger partial charge on any atom is 0.261 e. The number of carbonyl (C=O) groups excluding carboxylic acids is 1. The molecule has 0 saturated carbocycles. The highest BCUT2D eigenvalue weighted by molar-refractivity contribution is 7.13. The number of aliphatic imine (C=N–C) groups is 1. The maximum atomic E-state index is 11.8. The van der Waals surface area contributed by atoms with Crippen LogP contribution in [0.1, 0.15) is 16.1 Å². The zero-order valence-electron chi connectivity index (χ0n) is 13.9. The van der Waals surface area contributed by atoms with Crippen molar-refractivity contribution in [2.75, 3.05) is 44.2 Å². The van der Waals surface area contributed by atoms with Gasteiger partial charge in [0.1, 0.15) is 0 Å². The molecule has 25 heavy (non-hydrogen) atoms. The fraction of sp³-hybridized carbons (Fsp3) is 0.438. The van der Waals surface area contributed by atoms with Crippen LogP contribution >= 0.6 is 22.7 Å². The highest BCUT2D eigenvalue weighted by atomic mass is 32.1. The summed E-state index contributed by atoms with van der Waals surface area (Å²) >= 11 is 3.10. The Bertz CT molecular complexity index is 678. The van der Waals surface area contributed by atoms with Crippen LogP contribution < -0.4 is 16.0 Å². The van der Waals surface area contributed by atoms with Crippen molar-refractivity contribution in [1.29, 1.82) is 0 Å². The van der Waals surface area contributed by atoms with Gasteiger partial charge in [0.05, 0.1) is 4.88 Å². The molecule has 0 spiro atoms. The Morgan fingerprint density at radius 1 is 1.28 bits per heavy atom. The minimum Gasteiger partial charge on any atom is -0.370 e. The van der Waals surface area contributed by atoms with Crippen molar-refractivity contribution >= 4 is 39.7 Å². The van der Waals surface area contributed by atoms with E-state index in [4.69, 9.17) is 5.73 Å². The van der Waals surface area contributed by atoms with Gasteiger partial charge >= 0.3 is 0 Å². The molecule has 3 N–H and O–H groups in total. The predicted molar refractivity (Wildman–Crippen MR) is 104 cm³/mol. The third kappa shape index (κ3) is 4.93. The minimum atomic E-state index is -0.0229. The Morgan fingerprint density at radius 2 is 2.12 bits per heavy atom. The SMILES string of the molecule is NC(=NCCCNC(=O)c1cccs1)N1CCN(c2nccs2)CC1. The first-order chi connectivity index (χ1) is 12.2. The lowest BCUT2D eigenvalue weighted by molar-refractivity contribution is 0.0957. The molecule has 7 nitrogen and oxygen atoms in total. The topological polar surface area (TPSA) is 86.8 Å². The largest absolute Gasteiger partial charge is 0.370 e. The predicted octanol–water partition coefficient (Wildman–Crippen LogP) is 1.46. The van der Waals surface area contributed by atoms with Crippen LogP contribution in [0, 0.1) is 0 Å². The van der Waals surface area contributed by atoms with Crippen LogP contribution in [0.25, 0.3) is 0 Å². The highest BCUT2D eigenvalue weighted by Crippen LogP contribution is 2.18. The number of carbonyl (C=O) groups is 1. The van der Waals surface area contributed by atoms with Gasteiger partial charge in [0.25, 0.3) is 5.91 Å². The second kappa shape index (κ2) is 8.82. The van der Waals surface area contributed by atoms with Crippen molar-refractivity contribution in [2.45, 2.75) is 6.42 Å². The number of aromatic nitrogens is 1. The minimum absolute atomic E-state index is 0.0229. The molecule has 9 heteroatoms. The smallest absolute Gasteiger partial charge is 0.261 e. The zero-order chi connectivity index (χ0) is 17.5. The molecule has 1 fully saturated rings. The summed E-state index contributed by atoms with van der Waals surface area (Å²) in [4.78, 5) is 25.7. The molecule has 0 aromatic carbocycles. The number of amides is 1. The summed E-state index contributed by atoms with van der Waals surface area (Å²) in [6.07, 6.45) is 2.61. The van der Waals surface area contributed by atoms with Crippen molar-refractivity contribution in [3.05, 3.63) is 34.0 Å². The number of guanidine groups is 1. The number of nitrogens with two attached hydrogens (primary N) is 1. The number of anilines is 1. The molecule has 3 heterocycles. The van der Waals surface area contributed by atoms with E-state index in [1.807, 2.05) is 29.1 Å². The van der Waals surface area contributed by atoms with Crippen molar-refractivity contribution in [3.8, 4) is 0 Å². The number of hydrogen-bond acceptors (Lipinski definition) is 6. The molecule has 1 aliphatic rings. The summed E-state index contributed by atoms with van der Waals surface area (Å²) in [7, 11) is 0. The lowest BCUT2D eigenvalue weighted by Gasteiger charge is -2.35. The molecule has 2 aromatic heterocycles. The first-order valence-electron chi connectivity index (χ1n) is 8.25. The van der Waals surface area contributed by atoms with Gasteiger partial charge in [-0.25, -0.2) is 4.98 Å². The van der Waals surface area contributed by atoms with E-state index in [2.05, 4.69) is 25.1 Å². The van der Waals surface area contributed by atoms with E-state index in [1.54, 1.807) is 11.3 Å².